The summed E-state index contributed by atoms with van der Waals surface area (Å²) in [6.07, 6.45) is 5.68. The van der Waals surface area contributed by atoms with Crippen molar-refractivity contribution in [2.24, 2.45) is 11.3 Å². The van der Waals surface area contributed by atoms with E-state index < -0.39 is 24.3 Å². The van der Waals surface area contributed by atoms with E-state index in [0.29, 0.717) is 30.8 Å². The van der Waals surface area contributed by atoms with Crippen molar-refractivity contribution in [2.75, 3.05) is 13.2 Å². The molecule has 4 nitrogen and oxygen atoms in total. The second-order valence-corrected chi connectivity index (χ2v) is 11.6. The molecule has 0 bridgehead atoms. The average molecular weight is 504 g/mol. The number of allylic oxidation sites excluding steroid dienone is 4. The first-order chi connectivity index (χ1) is 17.0. The fraction of sp³-hybridized carbons (Fsp3) is 0.621. The number of nitrogens with zero attached hydrogens (tertiary/aromatic N) is 1. The first-order valence-electron chi connectivity index (χ1n) is 13.2. The van der Waals surface area contributed by atoms with Crippen molar-refractivity contribution in [3.63, 3.8) is 0 Å². The summed E-state index contributed by atoms with van der Waals surface area (Å²) in [5, 5.41) is 23.2. The fourth-order valence-corrected chi connectivity index (χ4v) is 6.38. The zero-order valence-electron chi connectivity index (χ0n) is 21.1. The minimum atomic E-state index is -4.30. The van der Waals surface area contributed by atoms with Crippen LogP contribution in [0.3, 0.4) is 0 Å². The maximum Gasteiger partial charge on any atom is 0.395 e. The van der Waals surface area contributed by atoms with E-state index in [-0.39, 0.29) is 17.8 Å². The van der Waals surface area contributed by atoms with Gasteiger partial charge >= 0.3 is 6.18 Å². The number of aliphatic hydroxyl groups excluding tert-OH is 2. The third kappa shape index (κ3) is 4.94. The Morgan fingerprint density at radius 2 is 1.92 bits per heavy atom. The molecule has 0 saturated carbocycles. The predicted molar refractivity (Wildman–Crippen MR) is 132 cm³/mol. The molecule has 0 aromatic carbocycles. The predicted octanol–water partition coefficient (Wildman–Crippen LogP) is 6.65. The lowest BCUT2D eigenvalue weighted by Crippen LogP contribution is -2.30. The molecule has 1 aromatic heterocycles. The molecule has 0 radical (unpaired) electrons. The molecular formula is C29H36F3NO3. The lowest BCUT2D eigenvalue weighted by atomic mass is 9.71. The summed E-state index contributed by atoms with van der Waals surface area (Å²) in [6, 6.07) is 0. The Balaban J connectivity index is 1.68. The number of halogens is 3. The molecule has 196 valence electrons. The smallest absolute Gasteiger partial charge is 0.388 e. The van der Waals surface area contributed by atoms with E-state index in [2.05, 4.69) is 19.9 Å². The molecule has 36 heavy (non-hydrogen) atoms. The van der Waals surface area contributed by atoms with Crippen molar-refractivity contribution >= 4 is 5.57 Å². The van der Waals surface area contributed by atoms with Crippen LogP contribution in [0.25, 0.3) is 5.57 Å². The van der Waals surface area contributed by atoms with Gasteiger partial charge in [0, 0.05) is 36.0 Å². The molecule has 2 unspecified atom stereocenters. The lowest BCUT2D eigenvalue weighted by Gasteiger charge is -2.38. The van der Waals surface area contributed by atoms with Crippen LogP contribution in [0.2, 0.25) is 0 Å². The minimum absolute atomic E-state index is 0.0905. The minimum Gasteiger partial charge on any atom is -0.388 e. The van der Waals surface area contributed by atoms with E-state index >= 15 is 0 Å². The Morgan fingerprint density at radius 1 is 1.17 bits per heavy atom. The van der Waals surface area contributed by atoms with Gasteiger partial charge in [-0.1, -0.05) is 38.2 Å². The largest absolute Gasteiger partial charge is 0.395 e. The van der Waals surface area contributed by atoms with Gasteiger partial charge in [0.15, 0.2) is 0 Å². The first-order valence-corrected chi connectivity index (χ1v) is 13.2. The van der Waals surface area contributed by atoms with Crippen LogP contribution in [-0.2, 0) is 11.2 Å². The topological polar surface area (TPSA) is 62.6 Å². The Labute approximate surface area is 211 Å². The van der Waals surface area contributed by atoms with Gasteiger partial charge < -0.3 is 14.9 Å². The van der Waals surface area contributed by atoms with Crippen LogP contribution < -0.4 is 0 Å². The van der Waals surface area contributed by atoms with Gasteiger partial charge in [0.1, 0.15) is 6.10 Å². The molecule has 3 aliphatic carbocycles. The molecule has 2 N–H and O–H groups in total. The lowest BCUT2D eigenvalue weighted by molar-refractivity contribution is -0.160. The quantitative estimate of drug-likeness (QED) is 0.483. The van der Waals surface area contributed by atoms with E-state index in [4.69, 9.17) is 9.72 Å². The molecule has 5 rings (SSSR count). The van der Waals surface area contributed by atoms with Crippen molar-refractivity contribution < 1.29 is 28.1 Å². The SMILES string of the molecule is CC1(C)Cc2nc(C3CCOCC3)c([C@@H](O)C3=CCC(C(F)(F)F)C=C3)c(C3=CCCC3)c2C(O)C1. The third-order valence-corrected chi connectivity index (χ3v) is 8.21. The Morgan fingerprint density at radius 3 is 2.53 bits per heavy atom. The molecule has 1 fully saturated rings. The van der Waals surface area contributed by atoms with Crippen molar-refractivity contribution in [1.82, 2.24) is 4.98 Å². The maximum absolute atomic E-state index is 13.3. The molecule has 4 aliphatic rings. The normalized spacial score (nSPS) is 27.4. The van der Waals surface area contributed by atoms with Crippen LogP contribution in [0, 0.1) is 11.3 Å². The summed E-state index contributed by atoms with van der Waals surface area (Å²) in [7, 11) is 0. The first kappa shape index (κ1) is 25.7. The number of pyridine rings is 1. The monoisotopic (exact) mass is 503 g/mol. The molecule has 0 amide bonds. The second-order valence-electron chi connectivity index (χ2n) is 11.6. The number of alkyl halides is 3. The van der Waals surface area contributed by atoms with Crippen LogP contribution in [0.15, 0.2) is 29.9 Å². The number of aliphatic hydroxyl groups is 2. The van der Waals surface area contributed by atoms with E-state index in [1.54, 1.807) is 0 Å². The Hall–Kier alpha value is -1.96. The van der Waals surface area contributed by atoms with E-state index in [0.717, 1.165) is 72.7 Å². The van der Waals surface area contributed by atoms with Gasteiger partial charge in [-0.2, -0.15) is 13.2 Å². The summed E-state index contributed by atoms with van der Waals surface area (Å²) >= 11 is 0. The van der Waals surface area contributed by atoms with Gasteiger partial charge in [-0.05, 0) is 73.5 Å². The van der Waals surface area contributed by atoms with Crippen LogP contribution in [-0.4, -0.2) is 34.6 Å². The molecule has 7 heteroatoms. The summed E-state index contributed by atoms with van der Waals surface area (Å²) in [5.41, 5.74) is 5.57. The van der Waals surface area contributed by atoms with Crippen LogP contribution in [0.5, 0.6) is 0 Å². The van der Waals surface area contributed by atoms with Crippen molar-refractivity contribution in [3.8, 4) is 0 Å². The maximum atomic E-state index is 13.3. The van der Waals surface area contributed by atoms with E-state index in [9.17, 15) is 23.4 Å². The molecule has 3 atom stereocenters. The highest BCUT2D eigenvalue weighted by Gasteiger charge is 2.41. The van der Waals surface area contributed by atoms with Gasteiger partial charge in [0.05, 0.1) is 17.7 Å². The van der Waals surface area contributed by atoms with Crippen molar-refractivity contribution in [1.29, 1.82) is 0 Å². The number of ether oxygens (including phenoxy) is 1. The Bertz CT molecular complexity index is 1100. The van der Waals surface area contributed by atoms with E-state index in [1.807, 2.05) is 0 Å². The molecule has 2 heterocycles. The standard InChI is InChI=1S/C29H36F3NO3/c1-28(2)15-21-24(22(34)16-28)23(17-5-3-4-6-17)25(26(33-21)18-11-13-36-14-12-18)27(35)19-7-9-20(10-8-19)29(30,31)32/h5,7-9,18,20,22,27,34-35H,3-4,6,10-16H2,1-2H3/t20?,22?,27-/m0/s1. The van der Waals surface area contributed by atoms with E-state index in [1.165, 1.54) is 12.2 Å². The molecule has 1 aliphatic heterocycles. The number of hydrogen-bond donors (Lipinski definition) is 2. The average Bonchev–Trinajstić information content (AvgIpc) is 3.36. The molecular weight excluding hydrogens is 467 g/mol. The van der Waals surface area contributed by atoms with Gasteiger partial charge in [-0.3, -0.25) is 4.98 Å². The second kappa shape index (κ2) is 9.73. The summed E-state index contributed by atoms with van der Waals surface area (Å²) in [5.74, 6) is -1.45. The van der Waals surface area contributed by atoms with Crippen LogP contribution in [0.4, 0.5) is 13.2 Å². The highest BCUT2D eigenvalue weighted by Crippen LogP contribution is 2.50. The van der Waals surface area contributed by atoms with Crippen LogP contribution in [0.1, 0.15) is 105 Å². The number of aromatic nitrogens is 1. The van der Waals surface area contributed by atoms with Gasteiger partial charge in [0.2, 0.25) is 0 Å². The Kier molecular flexibility index (Phi) is 6.94. The summed E-state index contributed by atoms with van der Waals surface area (Å²) < 4.78 is 45.4. The van der Waals surface area contributed by atoms with Crippen molar-refractivity contribution in [2.45, 2.75) is 89.5 Å². The zero-order valence-corrected chi connectivity index (χ0v) is 21.1. The van der Waals surface area contributed by atoms with Crippen LogP contribution >= 0.6 is 0 Å². The summed E-state index contributed by atoms with van der Waals surface area (Å²) in [4.78, 5) is 5.15. The number of rotatable bonds is 4. The molecule has 0 spiro atoms. The highest BCUT2D eigenvalue weighted by molar-refractivity contribution is 5.75. The zero-order chi connectivity index (χ0) is 25.7. The van der Waals surface area contributed by atoms with Crippen molar-refractivity contribution in [3.05, 3.63) is 58.0 Å². The number of hydrogen-bond acceptors (Lipinski definition) is 4. The molecule has 1 aromatic rings. The van der Waals surface area contributed by atoms with Gasteiger partial charge in [-0.25, -0.2) is 0 Å². The highest BCUT2D eigenvalue weighted by atomic mass is 19.4. The number of fused-ring (bicyclic) bond motifs is 1. The van der Waals surface area contributed by atoms with Gasteiger partial charge in [0.25, 0.3) is 0 Å². The third-order valence-electron chi connectivity index (χ3n) is 8.21. The molecule has 1 saturated heterocycles. The van der Waals surface area contributed by atoms with Gasteiger partial charge in [-0.15, -0.1) is 0 Å². The summed E-state index contributed by atoms with van der Waals surface area (Å²) in [6.45, 7) is 5.50. The fourth-order valence-electron chi connectivity index (χ4n) is 6.38.